The predicted molar refractivity (Wildman–Crippen MR) is 77.1 cm³/mol. The summed E-state index contributed by atoms with van der Waals surface area (Å²) in [6.07, 6.45) is 2.99. The van der Waals surface area contributed by atoms with Gasteiger partial charge in [-0.3, -0.25) is 10.1 Å². The molecule has 20 heavy (non-hydrogen) atoms. The highest BCUT2D eigenvalue weighted by atomic mass is 16.5. The minimum atomic E-state index is -0.191. The maximum atomic E-state index is 12.8. The Labute approximate surface area is 120 Å². The third kappa shape index (κ3) is 2.45. The first-order valence-electron chi connectivity index (χ1n) is 7.52. The van der Waals surface area contributed by atoms with Crippen molar-refractivity contribution in [3.8, 4) is 0 Å². The molecule has 2 unspecified atom stereocenters. The Balaban J connectivity index is 1.81. The molecule has 1 aromatic carbocycles. The van der Waals surface area contributed by atoms with Gasteiger partial charge in [0.2, 0.25) is 5.91 Å². The summed E-state index contributed by atoms with van der Waals surface area (Å²) in [4.78, 5) is 14.9. The minimum Gasteiger partial charge on any atom is -0.381 e. The number of hydrogen-bond donors (Lipinski definition) is 1. The van der Waals surface area contributed by atoms with Gasteiger partial charge in [-0.1, -0.05) is 37.3 Å². The molecule has 0 radical (unpaired) electrons. The number of nitrogens with one attached hydrogen (secondary N) is 1. The third-order valence-electron chi connectivity index (χ3n) is 4.30. The second-order valence-electron chi connectivity index (χ2n) is 5.52. The van der Waals surface area contributed by atoms with Crippen molar-refractivity contribution >= 4 is 5.91 Å². The summed E-state index contributed by atoms with van der Waals surface area (Å²) in [7, 11) is 0. The van der Waals surface area contributed by atoms with Crippen molar-refractivity contribution < 1.29 is 9.53 Å². The molecule has 2 atom stereocenters. The van der Waals surface area contributed by atoms with Crippen LogP contribution in [0.15, 0.2) is 30.3 Å². The first-order chi connectivity index (χ1) is 9.81. The topological polar surface area (TPSA) is 41.6 Å². The van der Waals surface area contributed by atoms with E-state index in [1.165, 1.54) is 0 Å². The van der Waals surface area contributed by atoms with Gasteiger partial charge in [0.25, 0.3) is 0 Å². The van der Waals surface area contributed by atoms with Crippen LogP contribution in [0.3, 0.4) is 0 Å². The lowest BCUT2D eigenvalue weighted by atomic mass is 10.0. The number of carbonyl (C=O) groups is 1. The Hall–Kier alpha value is -1.39. The second-order valence-corrected chi connectivity index (χ2v) is 5.52. The van der Waals surface area contributed by atoms with E-state index in [1.807, 2.05) is 30.3 Å². The van der Waals surface area contributed by atoms with Gasteiger partial charge in [0.05, 0.1) is 6.17 Å². The predicted octanol–water partition coefficient (Wildman–Crippen LogP) is 2.07. The molecule has 0 aromatic heterocycles. The average molecular weight is 274 g/mol. The summed E-state index contributed by atoms with van der Waals surface area (Å²) in [6, 6.07) is 10.1. The van der Waals surface area contributed by atoms with Crippen molar-refractivity contribution in [2.24, 2.45) is 0 Å². The van der Waals surface area contributed by atoms with E-state index in [0.717, 1.165) is 38.0 Å². The number of nitrogens with zero attached hydrogens (tertiary/aromatic N) is 1. The largest absolute Gasteiger partial charge is 0.381 e. The Kier molecular flexibility index (Phi) is 4.03. The maximum Gasteiger partial charge on any atom is 0.245 e. The van der Waals surface area contributed by atoms with Gasteiger partial charge >= 0.3 is 0 Å². The van der Waals surface area contributed by atoms with E-state index < -0.39 is 0 Å². The summed E-state index contributed by atoms with van der Waals surface area (Å²) in [5.74, 6) is 0.218. The van der Waals surface area contributed by atoms with Gasteiger partial charge in [0.1, 0.15) is 6.04 Å². The Morgan fingerprint density at radius 3 is 2.60 bits per heavy atom. The number of amides is 1. The summed E-state index contributed by atoms with van der Waals surface area (Å²) < 4.78 is 5.42. The van der Waals surface area contributed by atoms with Gasteiger partial charge in [0.15, 0.2) is 0 Å². The lowest BCUT2D eigenvalue weighted by molar-refractivity contribution is -0.134. The molecule has 1 N–H and O–H groups in total. The molecule has 0 saturated carbocycles. The van der Waals surface area contributed by atoms with Crippen molar-refractivity contribution in [3.63, 3.8) is 0 Å². The molecule has 2 saturated heterocycles. The lowest BCUT2D eigenvalue weighted by Crippen LogP contribution is -2.46. The first-order valence-corrected chi connectivity index (χ1v) is 7.52. The zero-order valence-corrected chi connectivity index (χ0v) is 11.9. The summed E-state index contributed by atoms with van der Waals surface area (Å²) in [5, 5.41) is 3.49. The van der Waals surface area contributed by atoms with E-state index in [9.17, 15) is 4.79 Å². The SMILES string of the molecule is CCC1NC(c2ccccc2)C(=O)N1C1CCOCC1. The van der Waals surface area contributed by atoms with Crippen LogP contribution in [-0.4, -0.2) is 36.2 Å². The highest BCUT2D eigenvalue weighted by Gasteiger charge is 2.42. The normalized spacial score (nSPS) is 28.1. The molecule has 0 bridgehead atoms. The van der Waals surface area contributed by atoms with E-state index in [0.29, 0.717) is 6.04 Å². The van der Waals surface area contributed by atoms with Crippen LogP contribution >= 0.6 is 0 Å². The fourth-order valence-corrected chi connectivity index (χ4v) is 3.24. The van der Waals surface area contributed by atoms with E-state index in [1.54, 1.807) is 0 Å². The Morgan fingerprint density at radius 2 is 1.95 bits per heavy atom. The van der Waals surface area contributed by atoms with Crippen LogP contribution in [-0.2, 0) is 9.53 Å². The Bertz CT molecular complexity index is 457. The molecule has 3 rings (SSSR count). The first kappa shape index (κ1) is 13.6. The van der Waals surface area contributed by atoms with E-state index in [-0.39, 0.29) is 18.1 Å². The zero-order valence-electron chi connectivity index (χ0n) is 11.9. The quantitative estimate of drug-likeness (QED) is 0.917. The van der Waals surface area contributed by atoms with Crippen LogP contribution in [0.1, 0.15) is 37.8 Å². The standard InChI is InChI=1S/C16H22N2O2/c1-2-14-17-15(12-6-4-3-5-7-12)16(19)18(14)13-8-10-20-11-9-13/h3-7,13-15,17H,2,8-11H2,1H3. The molecule has 1 aromatic rings. The molecule has 2 aliphatic heterocycles. The van der Waals surface area contributed by atoms with Crippen LogP contribution in [0.5, 0.6) is 0 Å². The van der Waals surface area contributed by atoms with Gasteiger partial charge in [0, 0.05) is 19.3 Å². The van der Waals surface area contributed by atoms with Gasteiger partial charge in [-0.2, -0.15) is 0 Å². The Morgan fingerprint density at radius 1 is 1.25 bits per heavy atom. The van der Waals surface area contributed by atoms with E-state index in [2.05, 4.69) is 17.1 Å². The molecule has 0 spiro atoms. The number of ether oxygens (including phenoxy) is 1. The highest BCUT2D eigenvalue weighted by Crippen LogP contribution is 2.30. The van der Waals surface area contributed by atoms with Crippen molar-refractivity contribution in [2.75, 3.05) is 13.2 Å². The molecular weight excluding hydrogens is 252 g/mol. The lowest BCUT2D eigenvalue weighted by Gasteiger charge is -2.34. The van der Waals surface area contributed by atoms with Gasteiger partial charge < -0.3 is 9.64 Å². The van der Waals surface area contributed by atoms with Crippen molar-refractivity contribution in [3.05, 3.63) is 35.9 Å². The maximum absolute atomic E-state index is 12.8. The van der Waals surface area contributed by atoms with Crippen molar-refractivity contribution in [2.45, 2.75) is 44.4 Å². The monoisotopic (exact) mass is 274 g/mol. The summed E-state index contributed by atoms with van der Waals surface area (Å²) >= 11 is 0. The summed E-state index contributed by atoms with van der Waals surface area (Å²) in [5.41, 5.74) is 1.06. The summed E-state index contributed by atoms with van der Waals surface area (Å²) in [6.45, 7) is 3.66. The molecule has 108 valence electrons. The van der Waals surface area contributed by atoms with E-state index >= 15 is 0 Å². The van der Waals surface area contributed by atoms with Gasteiger partial charge in [-0.25, -0.2) is 0 Å². The van der Waals surface area contributed by atoms with Crippen LogP contribution in [0.2, 0.25) is 0 Å². The second kappa shape index (κ2) is 5.94. The molecule has 2 heterocycles. The molecule has 2 aliphatic rings. The molecule has 2 fully saturated rings. The number of hydrogen-bond acceptors (Lipinski definition) is 3. The van der Waals surface area contributed by atoms with Crippen molar-refractivity contribution in [1.82, 2.24) is 10.2 Å². The minimum absolute atomic E-state index is 0.149. The molecule has 4 heteroatoms. The van der Waals surface area contributed by atoms with Gasteiger partial charge in [-0.05, 0) is 24.8 Å². The molecule has 0 aliphatic carbocycles. The average Bonchev–Trinajstić information content (AvgIpc) is 2.86. The smallest absolute Gasteiger partial charge is 0.245 e. The number of carbonyl (C=O) groups excluding carboxylic acids is 1. The molecule has 4 nitrogen and oxygen atoms in total. The van der Waals surface area contributed by atoms with Crippen LogP contribution < -0.4 is 5.32 Å². The van der Waals surface area contributed by atoms with Gasteiger partial charge in [-0.15, -0.1) is 0 Å². The fraction of sp³-hybridized carbons (Fsp3) is 0.562. The zero-order chi connectivity index (χ0) is 13.9. The van der Waals surface area contributed by atoms with Crippen LogP contribution in [0.25, 0.3) is 0 Å². The van der Waals surface area contributed by atoms with Crippen molar-refractivity contribution in [1.29, 1.82) is 0 Å². The molecule has 1 amide bonds. The third-order valence-corrected chi connectivity index (χ3v) is 4.30. The highest BCUT2D eigenvalue weighted by molar-refractivity contribution is 5.86. The molecular formula is C16H22N2O2. The van der Waals surface area contributed by atoms with Crippen LogP contribution in [0.4, 0.5) is 0 Å². The fourth-order valence-electron chi connectivity index (χ4n) is 3.24. The number of benzene rings is 1. The number of rotatable bonds is 3. The van der Waals surface area contributed by atoms with Crippen LogP contribution in [0, 0.1) is 0 Å². The van der Waals surface area contributed by atoms with E-state index in [4.69, 9.17) is 4.74 Å².